The highest BCUT2D eigenvalue weighted by Gasteiger charge is 2.22. The monoisotopic (exact) mass is 279 g/mol. The first kappa shape index (κ1) is 13.5. The number of thiophene rings is 1. The topological polar surface area (TPSA) is 43.1 Å². The zero-order valence-electron chi connectivity index (χ0n) is 10.5. The lowest BCUT2D eigenvalue weighted by molar-refractivity contribution is 0.645. The van der Waals surface area contributed by atoms with Gasteiger partial charge in [-0.3, -0.25) is 4.21 Å². The van der Waals surface area contributed by atoms with E-state index in [1.165, 1.54) is 16.9 Å². The molecular formula is C14H17NOS2. The molecule has 1 heterocycles. The van der Waals surface area contributed by atoms with Crippen LogP contribution in [0, 0.1) is 6.92 Å². The van der Waals surface area contributed by atoms with Crippen LogP contribution >= 0.6 is 11.3 Å². The summed E-state index contributed by atoms with van der Waals surface area (Å²) >= 11 is 1.52. The van der Waals surface area contributed by atoms with Crippen LogP contribution in [0.3, 0.4) is 0 Å². The summed E-state index contributed by atoms with van der Waals surface area (Å²) in [6, 6.07) is 11.7. The van der Waals surface area contributed by atoms with Crippen LogP contribution in [0.5, 0.6) is 0 Å². The van der Waals surface area contributed by atoms with Crippen molar-refractivity contribution in [2.45, 2.75) is 29.3 Å². The Bertz CT molecular complexity index is 519. The zero-order chi connectivity index (χ0) is 13.1. The van der Waals surface area contributed by atoms with Crippen molar-refractivity contribution in [2.75, 3.05) is 0 Å². The molecular weight excluding hydrogens is 262 g/mol. The van der Waals surface area contributed by atoms with Gasteiger partial charge in [0.25, 0.3) is 0 Å². The zero-order valence-corrected chi connectivity index (χ0v) is 12.1. The molecule has 0 radical (unpaired) electrons. The molecule has 1 aromatic carbocycles. The van der Waals surface area contributed by atoms with E-state index in [2.05, 4.69) is 0 Å². The highest BCUT2D eigenvalue weighted by molar-refractivity contribution is 7.87. The molecule has 1 aromatic heterocycles. The van der Waals surface area contributed by atoms with E-state index in [0.717, 1.165) is 9.77 Å². The minimum atomic E-state index is -1.04. The Balaban J connectivity index is 2.16. The Kier molecular flexibility index (Phi) is 4.32. The molecule has 0 spiro atoms. The van der Waals surface area contributed by atoms with Crippen LogP contribution in [0.25, 0.3) is 0 Å². The Morgan fingerprint density at radius 2 is 1.89 bits per heavy atom. The Morgan fingerprint density at radius 1 is 1.22 bits per heavy atom. The Hall–Kier alpha value is -0.970. The predicted octanol–water partition coefficient (Wildman–Crippen LogP) is 3.25. The fourth-order valence-corrected chi connectivity index (χ4v) is 4.21. The molecule has 96 valence electrons. The summed E-state index contributed by atoms with van der Waals surface area (Å²) in [6.45, 7) is 3.99. The number of benzene rings is 1. The standard InChI is InChI=1S/C14H17NOS2/c1-10-5-7-12(8-6-10)14(15)11(2)18(16)13-4-3-9-17-13/h3-9,11,14H,15H2,1-2H3. The number of aryl methyl sites for hydroxylation is 1. The van der Waals surface area contributed by atoms with E-state index in [0.29, 0.717) is 0 Å². The van der Waals surface area contributed by atoms with Crippen LogP contribution < -0.4 is 5.73 Å². The first-order valence-electron chi connectivity index (χ1n) is 5.86. The first-order chi connectivity index (χ1) is 8.59. The number of hydrogen-bond donors (Lipinski definition) is 1. The smallest absolute Gasteiger partial charge is 0.0914 e. The molecule has 3 unspecified atom stereocenters. The van der Waals surface area contributed by atoms with Gasteiger partial charge in [0.05, 0.1) is 20.3 Å². The average molecular weight is 279 g/mol. The van der Waals surface area contributed by atoms with E-state index < -0.39 is 10.8 Å². The average Bonchev–Trinajstić information content (AvgIpc) is 2.91. The quantitative estimate of drug-likeness (QED) is 0.933. The van der Waals surface area contributed by atoms with Crippen LogP contribution in [0.15, 0.2) is 46.0 Å². The Morgan fingerprint density at radius 3 is 2.44 bits per heavy atom. The van der Waals surface area contributed by atoms with Gasteiger partial charge in [-0.2, -0.15) is 0 Å². The van der Waals surface area contributed by atoms with Gasteiger partial charge < -0.3 is 5.73 Å². The molecule has 0 amide bonds. The molecule has 0 bridgehead atoms. The van der Waals surface area contributed by atoms with Crippen LogP contribution in [-0.2, 0) is 10.8 Å². The van der Waals surface area contributed by atoms with Crippen LogP contribution in [0.4, 0.5) is 0 Å². The molecule has 3 atom stereocenters. The summed E-state index contributed by atoms with van der Waals surface area (Å²) in [4.78, 5) is 0. The van der Waals surface area contributed by atoms with E-state index >= 15 is 0 Å². The maximum atomic E-state index is 12.3. The van der Waals surface area contributed by atoms with Crippen molar-refractivity contribution in [1.82, 2.24) is 0 Å². The molecule has 18 heavy (non-hydrogen) atoms. The molecule has 0 aliphatic carbocycles. The van der Waals surface area contributed by atoms with Crippen LogP contribution in [0.1, 0.15) is 24.1 Å². The molecule has 4 heteroatoms. The number of hydrogen-bond acceptors (Lipinski definition) is 3. The van der Waals surface area contributed by atoms with Gasteiger partial charge in [0, 0.05) is 6.04 Å². The summed E-state index contributed by atoms with van der Waals surface area (Å²) < 4.78 is 13.2. The van der Waals surface area contributed by atoms with Crippen LogP contribution in [0.2, 0.25) is 0 Å². The fourth-order valence-electron chi connectivity index (χ4n) is 1.75. The predicted molar refractivity (Wildman–Crippen MR) is 78.3 cm³/mol. The van der Waals surface area contributed by atoms with Gasteiger partial charge in [0.15, 0.2) is 0 Å². The Labute approximate surface area is 114 Å². The summed E-state index contributed by atoms with van der Waals surface area (Å²) in [5.41, 5.74) is 8.45. The molecule has 0 fully saturated rings. The summed E-state index contributed by atoms with van der Waals surface area (Å²) in [6.07, 6.45) is 0. The molecule has 0 aliphatic heterocycles. The van der Waals surface area contributed by atoms with Crippen LogP contribution in [-0.4, -0.2) is 9.46 Å². The lowest BCUT2D eigenvalue weighted by atomic mass is 10.0. The fraction of sp³-hybridized carbons (Fsp3) is 0.286. The molecule has 0 saturated heterocycles. The van der Waals surface area contributed by atoms with Crippen molar-refractivity contribution >= 4 is 22.1 Å². The molecule has 2 aromatic rings. The van der Waals surface area contributed by atoms with E-state index in [1.807, 2.05) is 55.6 Å². The molecule has 2 nitrogen and oxygen atoms in total. The largest absolute Gasteiger partial charge is 0.323 e. The van der Waals surface area contributed by atoms with Crippen molar-refractivity contribution in [3.05, 3.63) is 52.9 Å². The molecule has 2 N–H and O–H groups in total. The number of nitrogens with two attached hydrogens (primary N) is 1. The highest BCUT2D eigenvalue weighted by Crippen LogP contribution is 2.24. The SMILES string of the molecule is Cc1ccc(C(N)C(C)S(=O)c2cccs2)cc1. The van der Waals surface area contributed by atoms with Gasteiger partial charge in [0.1, 0.15) is 0 Å². The van der Waals surface area contributed by atoms with E-state index in [-0.39, 0.29) is 11.3 Å². The lowest BCUT2D eigenvalue weighted by Crippen LogP contribution is -2.27. The van der Waals surface area contributed by atoms with Crippen molar-refractivity contribution in [2.24, 2.45) is 5.73 Å². The minimum Gasteiger partial charge on any atom is -0.323 e. The van der Waals surface area contributed by atoms with Crippen molar-refractivity contribution in [3.63, 3.8) is 0 Å². The summed E-state index contributed by atoms with van der Waals surface area (Å²) in [5, 5.41) is 1.85. The molecule has 0 aliphatic rings. The van der Waals surface area contributed by atoms with Gasteiger partial charge in [-0.15, -0.1) is 11.3 Å². The van der Waals surface area contributed by atoms with Gasteiger partial charge in [-0.1, -0.05) is 35.9 Å². The van der Waals surface area contributed by atoms with Gasteiger partial charge >= 0.3 is 0 Å². The van der Waals surface area contributed by atoms with E-state index in [1.54, 1.807) is 0 Å². The first-order valence-corrected chi connectivity index (χ1v) is 7.95. The summed E-state index contributed by atoms with van der Waals surface area (Å²) in [5.74, 6) is 0. The molecule has 2 rings (SSSR count). The van der Waals surface area contributed by atoms with Gasteiger partial charge in [0.2, 0.25) is 0 Å². The maximum Gasteiger partial charge on any atom is 0.0914 e. The third-order valence-corrected chi connectivity index (χ3v) is 5.94. The second-order valence-electron chi connectivity index (χ2n) is 4.37. The normalized spacial score (nSPS) is 16.2. The second-order valence-corrected chi connectivity index (χ2v) is 7.36. The van der Waals surface area contributed by atoms with E-state index in [9.17, 15) is 4.21 Å². The number of rotatable bonds is 4. The van der Waals surface area contributed by atoms with Gasteiger partial charge in [-0.25, -0.2) is 0 Å². The second kappa shape index (κ2) is 5.78. The van der Waals surface area contributed by atoms with Crippen molar-refractivity contribution in [3.8, 4) is 0 Å². The summed E-state index contributed by atoms with van der Waals surface area (Å²) in [7, 11) is -1.04. The van der Waals surface area contributed by atoms with Crippen molar-refractivity contribution < 1.29 is 4.21 Å². The van der Waals surface area contributed by atoms with Gasteiger partial charge in [-0.05, 0) is 30.9 Å². The maximum absolute atomic E-state index is 12.3. The van der Waals surface area contributed by atoms with Crippen molar-refractivity contribution in [1.29, 1.82) is 0 Å². The molecule has 0 saturated carbocycles. The highest BCUT2D eigenvalue weighted by atomic mass is 32.2. The lowest BCUT2D eigenvalue weighted by Gasteiger charge is -2.19. The minimum absolute atomic E-state index is 0.0913. The third kappa shape index (κ3) is 2.88. The third-order valence-electron chi connectivity index (χ3n) is 3.00. The van der Waals surface area contributed by atoms with E-state index in [4.69, 9.17) is 5.73 Å².